The number of aromatic nitrogens is 3. The minimum atomic E-state index is -1.67. The number of carbonyl (C=O) groups excluding carboxylic acids is 2. The first kappa shape index (κ1) is 22.1. The van der Waals surface area contributed by atoms with Crippen LogP contribution < -0.4 is 0 Å². The van der Waals surface area contributed by atoms with Gasteiger partial charge in [-0.3, -0.25) is 14.8 Å². The predicted octanol–water partition coefficient (Wildman–Crippen LogP) is 2.33. The number of carbonyl (C=O) groups is 2. The molecular weight excluding hydrogens is 420 g/mol. The largest absolute Gasteiger partial charge is 0.461 e. The number of benzene rings is 1. The molecule has 1 atom stereocenters. The van der Waals surface area contributed by atoms with Gasteiger partial charge in [-0.25, -0.2) is 9.78 Å². The van der Waals surface area contributed by atoms with Crippen molar-refractivity contribution in [1.29, 1.82) is 0 Å². The first-order valence-electron chi connectivity index (χ1n) is 10.5. The third-order valence-electron chi connectivity index (χ3n) is 5.25. The average molecular weight is 442 g/mol. The molecule has 0 spiro atoms. The molecule has 3 heterocycles. The van der Waals surface area contributed by atoms with Crippen LogP contribution in [-0.4, -0.2) is 62.6 Å². The molecule has 1 N–H and O–H groups in total. The zero-order chi connectivity index (χ0) is 23.4. The normalized spacial score (nSPS) is 17.4. The van der Waals surface area contributed by atoms with Crippen LogP contribution in [0.4, 0.5) is 0 Å². The Morgan fingerprint density at radius 3 is 2.76 bits per heavy atom. The van der Waals surface area contributed by atoms with Gasteiger partial charge in [0.15, 0.2) is 0 Å². The second kappa shape index (κ2) is 9.18. The molecule has 1 aromatic carbocycles. The molecule has 8 heteroatoms. The number of ether oxygens (including phenoxy) is 1. The maximum absolute atomic E-state index is 12.4. The lowest BCUT2D eigenvalue weighted by molar-refractivity contribution is -0.137. The van der Waals surface area contributed by atoms with Crippen molar-refractivity contribution in [3.8, 4) is 34.4 Å². The highest BCUT2D eigenvalue weighted by Crippen LogP contribution is 2.26. The highest BCUT2D eigenvalue weighted by Gasteiger charge is 2.42. The number of likely N-dealkylation sites (N-methyl/N-ethyl adjacent to an activating group) is 1. The van der Waals surface area contributed by atoms with Crippen molar-refractivity contribution >= 4 is 11.9 Å². The molecule has 0 unspecified atom stereocenters. The molecule has 0 radical (unpaired) electrons. The Hall–Kier alpha value is -4.09. The molecule has 166 valence electrons. The number of nitrogens with zero attached hydrogens (tertiary/aromatic N) is 4. The van der Waals surface area contributed by atoms with E-state index in [0.29, 0.717) is 34.6 Å². The summed E-state index contributed by atoms with van der Waals surface area (Å²) in [7, 11) is 1.64. The fourth-order valence-electron chi connectivity index (χ4n) is 3.49. The Labute approximate surface area is 191 Å². The van der Waals surface area contributed by atoms with Gasteiger partial charge in [0.1, 0.15) is 5.69 Å². The highest BCUT2D eigenvalue weighted by molar-refractivity contribution is 5.91. The van der Waals surface area contributed by atoms with Crippen molar-refractivity contribution in [3.63, 3.8) is 0 Å². The molecule has 3 aromatic rings. The van der Waals surface area contributed by atoms with Crippen LogP contribution in [0.25, 0.3) is 22.5 Å². The summed E-state index contributed by atoms with van der Waals surface area (Å²) < 4.78 is 5.14. The Morgan fingerprint density at radius 2 is 2.06 bits per heavy atom. The molecular formula is C25H22N4O4. The van der Waals surface area contributed by atoms with E-state index in [1.165, 1.54) is 4.90 Å². The fraction of sp³-hybridized carbons (Fsp3) is 0.240. The fourth-order valence-corrected chi connectivity index (χ4v) is 3.49. The Morgan fingerprint density at radius 1 is 1.21 bits per heavy atom. The van der Waals surface area contributed by atoms with E-state index < -0.39 is 17.5 Å². The summed E-state index contributed by atoms with van der Waals surface area (Å²) in [4.78, 5) is 38.9. The summed E-state index contributed by atoms with van der Waals surface area (Å²) >= 11 is 0. The summed E-state index contributed by atoms with van der Waals surface area (Å²) in [6.07, 6.45) is 5.01. The number of amides is 1. The van der Waals surface area contributed by atoms with Gasteiger partial charge in [-0.15, -0.1) is 0 Å². The number of pyridine rings is 1. The van der Waals surface area contributed by atoms with E-state index in [0.717, 1.165) is 0 Å². The summed E-state index contributed by atoms with van der Waals surface area (Å²) in [6, 6.07) is 10.6. The molecule has 4 rings (SSSR count). The number of esters is 1. The van der Waals surface area contributed by atoms with Gasteiger partial charge in [-0.1, -0.05) is 24.0 Å². The second-order valence-electron chi connectivity index (χ2n) is 7.61. The molecule has 0 saturated carbocycles. The van der Waals surface area contributed by atoms with E-state index in [2.05, 4.69) is 26.8 Å². The number of aliphatic hydroxyl groups is 1. The van der Waals surface area contributed by atoms with Crippen LogP contribution >= 0.6 is 0 Å². The van der Waals surface area contributed by atoms with E-state index in [1.807, 2.05) is 12.1 Å². The minimum absolute atomic E-state index is 0.153. The van der Waals surface area contributed by atoms with Gasteiger partial charge in [0.2, 0.25) is 5.60 Å². The Kier molecular flexibility index (Phi) is 6.16. The third-order valence-corrected chi connectivity index (χ3v) is 5.25. The number of hydrogen-bond donors (Lipinski definition) is 1. The van der Waals surface area contributed by atoms with Crippen molar-refractivity contribution in [2.45, 2.75) is 18.9 Å². The summed E-state index contributed by atoms with van der Waals surface area (Å²) in [5.41, 5.74) is 1.58. The second-order valence-corrected chi connectivity index (χ2v) is 7.61. The summed E-state index contributed by atoms with van der Waals surface area (Å²) in [5, 5.41) is 10.5. The van der Waals surface area contributed by atoms with Crippen molar-refractivity contribution in [3.05, 3.63) is 66.2 Å². The van der Waals surface area contributed by atoms with Gasteiger partial charge in [0, 0.05) is 49.1 Å². The van der Waals surface area contributed by atoms with Gasteiger partial charge in [0.25, 0.3) is 5.91 Å². The number of hydrogen-bond acceptors (Lipinski definition) is 7. The van der Waals surface area contributed by atoms with Crippen molar-refractivity contribution < 1.29 is 19.4 Å². The lowest BCUT2D eigenvalue weighted by Crippen LogP contribution is -2.37. The lowest BCUT2D eigenvalue weighted by Gasteiger charge is -2.13. The standard InChI is InChI=1S/C25H22N4O4/c1-3-33-23(30)21-15-19(22-16-26-10-11-27-22)14-20(28-21)18-6-4-5-17(13-18)7-8-25(32)9-12-29(2)24(25)31/h4-6,10-11,13-16,32H,3,9,12H2,1-2H3/t25-/m0/s1. The molecule has 1 aliphatic heterocycles. The van der Waals surface area contributed by atoms with Gasteiger partial charge >= 0.3 is 5.97 Å². The van der Waals surface area contributed by atoms with Crippen LogP contribution in [0, 0.1) is 11.8 Å². The zero-order valence-corrected chi connectivity index (χ0v) is 18.3. The molecule has 1 saturated heterocycles. The van der Waals surface area contributed by atoms with Crippen LogP contribution in [0.1, 0.15) is 29.4 Å². The first-order valence-corrected chi connectivity index (χ1v) is 10.5. The van der Waals surface area contributed by atoms with Gasteiger partial charge in [0.05, 0.1) is 24.2 Å². The first-order chi connectivity index (χ1) is 15.9. The van der Waals surface area contributed by atoms with E-state index >= 15 is 0 Å². The SMILES string of the molecule is CCOC(=O)c1cc(-c2cnccn2)cc(-c2cccc(C#C[C@]3(O)CCN(C)C3=O)c2)n1. The molecule has 33 heavy (non-hydrogen) atoms. The van der Waals surface area contributed by atoms with Crippen molar-refractivity contribution in [2.24, 2.45) is 0 Å². The minimum Gasteiger partial charge on any atom is -0.461 e. The highest BCUT2D eigenvalue weighted by atomic mass is 16.5. The number of likely N-dealkylation sites (tertiary alicyclic amines) is 1. The van der Waals surface area contributed by atoms with Crippen LogP contribution in [0.15, 0.2) is 55.0 Å². The van der Waals surface area contributed by atoms with E-state index in [9.17, 15) is 14.7 Å². The molecule has 1 amide bonds. The van der Waals surface area contributed by atoms with Crippen LogP contribution in [0.5, 0.6) is 0 Å². The predicted molar refractivity (Wildman–Crippen MR) is 121 cm³/mol. The molecule has 8 nitrogen and oxygen atoms in total. The maximum atomic E-state index is 12.4. The van der Waals surface area contributed by atoms with Crippen LogP contribution in [-0.2, 0) is 9.53 Å². The van der Waals surface area contributed by atoms with Crippen LogP contribution in [0.3, 0.4) is 0 Å². The Balaban J connectivity index is 1.73. The maximum Gasteiger partial charge on any atom is 0.356 e. The van der Waals surface area contributed by atoms with E-state index in [4.69, 9.17) is 4.74 Å². The van der Waals surface area contributed by atoms with E-state index in [1.54, 1.807) is 56.8 Å². The van der Waals surface area contributed by atoms with E-state index in [-0.39, 0.29) is 18.7 Å². The molecule has 1 fully saturated rings. The monoisotopic (exact) mass is 442 g/mol. The third kappa shape index (κ3) is 4.73. The number of rotatable bonds is 4. The lowest BCUT2D eigenvalue weighted by atomic mass is 10.0. The van der Waals surface area contributed by atoms with Gasteiger partial charge in [-0.2, -0.15) is 0 Å². The summed E-state index contributed by atoms with van der Waals surface area (Å²) in [6.45, 7) is 2.42. The summed E-state index contributed by atoms with van der Waals surface area (Å²) in [5.74, 6) is 4.69. The Bertz CT molecular complexity index is 1270. The van der Waals surface area contributed by atoms with Crippen molar-refractivity contribution in [1.82, 2.24) is 19.9 Å². The quantitative estimate of drug-likeness (QED) is 0.488. The zero-order valence-electron chi connectivity index (χ0n) is 18.3. The van der Waals surface area contributed by atoms with Crippen molar-refractivity contribution in [2.75, 3.05) is 20.2 Å². The molecule has 0 aliphatic carbocycles. The molecule has 0 bridgehead atoms. The molecule has 1 aliphatic rings. The topological polar surface area (TPSA) is 106 Å². The molecule has 2 aromatic heterocycles. The average Bonchev–Trinajstić information content (AvgIpc) is 3.11. The van der Waals surface area contributed by atoms with Gasteiger partial charge < -0.3 is 14.7 Å². The van der Waals surface area contributed by atoms with Crippen LogP contribution in [0.2, 0.25) is 0 Å². The van der Waals surface area contributed by atoms with Gasteiger partial charge in [-0.05, 0) is 31.2 Å². The smallest absolute Gasteiger partial charge is 0.356 e.